The maximum atomic E-state index is 14.5. The third-order valence-electron chi connectivity index (χ3n) is 14.0. The van der Waals surface area contributed by atoms with Crippen molar-refractivity contribution in [2.45, 2.75) is 190 Å². The Morgan fingerprint density at radius 1 is 0.548 bits per heavy atom. The van der Waals surface area contributed by atoms with Crippen LogP contribution in [0.25, 0.3) is 0 Å². The van der Waals surface area contributed by atoms with Crippen molar-refractivity contribution in [3.05, 3.63) is 35.9 Å². The Kier molecular flexibility index (Phi) is 33.8. The number of hydrogen-bond donors (Lipinski definition) is 19. The maximum absolute atomic E-state index is 14.5. The lowest BCUT2D eigenvalue weighted by molar-refractivity contribution is -0.137. The molecule has 14 atom stereocenters. The molecular formula is C54H94N16O14. The number of aliphatic hydroxyl groups is 3. The van der Waals surface area contributed by atoms with E-state index in [4.69, 9.17) is 28.7 Å². The number of amides is 11. The van der Waals surface area contributed by atoms with Gasteiger partial charge in [-0.25, -0.2) is 0 Å². The normalized spacial score (nSPS) is 23.3. The van der Waals surface area contributed by atoms with E-state index in [9.17, 15) is 68.1 Å². The molecule has 1 aromatic rings. The number of carbonyl (C=O) groups excluding carboxylic acids is 11. The second kappa shape index (κ2) is 38.8. The number of nitrogens with one attached hydrogen (secondary N) is 11. The van der Waals surface area contributed by atoms with Crippen molar-refractivity contribution in [3.63, 3.8) is 0 Å². The van der Waals surface area contributed by atoms with Crippen molar-refractivity contribution >= 4 is 65.0 Å². The summed E-state index contributed by atoms with van der Waals surface area (Å²) in [6.45, 7) is 6.39. The van der Waals surface area contributed by atoms with Gasteiger partial charge in [0, 0.05) is 19.4 Å². The first-order valence-corrected chi connectivity index (χ1v) is 28.7. The van der Waals surface area contributed by atoms with Crippen LogP contribution in [0.15, 0.2) is 30.3 Å². The van der Waals surface area contributed by atoms with Crippen LogP contribution >= 0.6 is 0 Å². The zero-order valence-corrected chi connectivity index (χ0v) is 48.9. The monoisotopic (exact) mass is 1190 g/mol. The minimum absolute atomic E-state index is 0.0257. The number of hydrogen-bond acceptors (Lipinski definition) is 19. The SMILES string of the molecule is CCC(C)CCCCC(=O)NC(CCN)C(=O)NC(C(=O)NC(CCN)C(=O)NC1CCNC(=O)C(C(C)O)NC(=O)C(CCN)NC(=O)C(CCN)NC(=O)C(C(C)O)NC(=O)C(Cc2ccccc2)NC(=O)C(CCN)NC1=O)C(C)O. The van der Waals surface area contributed by atoms with Crippen molar-refractivity contribution in [1.82, 2.24) is 58.5 Å². The summed E-state index contributed by atoms with van der Waals surface area (Å²) in [6.07, 6.45) is -3.08. The predicted octanol–water partition coefficient (Wildman–Crippen LogP) is -6.91. The fourth-order valence-electron chi connectivity index (χ4n) is 8.79. The quantitative estimate of drug-likeness (QED) is 0.0347. The minimum Gasteiger partial charge on any atom is -0.391 e. The standard InChI is InChI=1S/C54H94N16O14/c1-6-29(2)12-10-11-15-41(74)61-34(16-22-55)49(79)69-43(31(4)72)53(83)66-37(19-25-58)46(76)64-39-21-27-60-52(82)42(30(3)71)68-50(80)38(20-26-59)63-45(75)36(18-24-57)65-54(84)44(32(5)73)70-51(81)40(28-33-13-8-7-9-14-33)67-47(77)35(17-23-56)62-48(39)78/h7-9,13-14,29-32,34-40,42-44,71-73H,6,10-12,15-28,55-59H2,1-5H3,(H,60,82)(H,61,74)(H,62,78)(H,63,75)(H,64,76)(H,65,84)(H,66,83)(H,67,77)(H,68,80)(H,69,79)(H,70,81). The molecule has 0 aromatic heterocycles. The molecule has 1 aromatic carbocycles. The van der Waals surface area contributed by atoms with Crippen LogP contribution in [-0.2, 0) is 59.2 Å². The van der Waals surface area contributed by atoms with Crippen LogP contribution < -0.4 is 87.2 Å². The molecule has 84 heavy (non-hydrogen) atoms. The van der Waals surface area contributed by atoms with E-state index in [2.05, 4.69) is 72.3 Å². The van der Waals surface area contributed by atoms with Gasteiger partial charge in [0.15, 0.2) is 0 Å². The van der Waals surface area contributed by atoms with Crippen LogP contribution in [0.2, 0.25) is 0 Å². The zero-order valence-electron chi connectivity index (χ0n) is 48.9. The Morgan fingerprint density at radius 3 is 1.52 bits per heavy atom. The second-order valence-electron chi connectivity index (χ2n) is 21.1. The van der Waals surface area contributed by atoms with Gasteiger partial charge in [0.1, 0.15) is 60.4 Å². The van der Waals surface area contributed by atoms with Crippen molar-refractivity contribution < 1.29 is 68.1 Å². The smallest absolute Gasteiger partial charge is 0.245 e. The molecule has 11 amide bonds. The van der Waals surface area contributed by atoms with Crippen molar-refractivity contribution in [1.29, 1.82) is 0 Å². The molecule has 474 valence electrons. The van der Waals surface area contributed by atoms with E-state index >= 15 is 0 Å². The maximum Gasteiger partial charge on any atom is 0.245 e. The summed E-state index contributed by atoms with van der Waals surface area (Å²) < 4.78 is 0. The first kappa shape index (κ1) is 73.2. The molecule has 30 heteroatoms. The van der Waals surface area contributed by atoms with E-state index in [1.807, 2.05) is 0 Å². The Labute approximate surface area is 490 Å². The van der Waals surface area contributed by atoms with Crippen LogP contribution in [-0.4, -0.2) is 198 Å². The summed E-state index contributed by atoms with van der Waals surface area (Å²) in [5.74, 6) is -9.99. The molecule has 1 saturated heterocycles. The number of nitrogens with two attached hydrogens (primary N) is 5. The first-order chi connectivity index (χ1) is 39.8. The van der Waals surface area contributed by atoms with Crippen molar-refractivity contribution in [2.24, 2.45) is 34.6 Å². The van der Waals surface area contributed by atoms with Gasteiger partial charge < -0.3 is 102 Å². The fourth-order valence-corrected chi connectivity index (χ4v) is 8.79. The molecule has 14 unspecified atom stereocenters. The van der Waals surface area contributed by atoms with Gasteiger partial charge in [0.05, 0.1) is 18.3 Å². The van der Waals surface area contributed by atoms with E-state index in [0.717, 1.165) is 19.3 Å². The summed E-state index contributed by atoms with van der Waals surface area (Å²) in [7, 11) is 0. The van der Waals surface area contributed by atoms with E-state index in [1.54, 1.807) is 30.3 Å². The third-order valence-corrected chi connectivity index (χ3v) is 14.0. The summed E-state index contributed by atoms with van der Waals surface area (Å²) in [6, 6.07) is -7.36. The lowest BCUT2D eigenvalue weighted by atomic mass is 10.0. The molecule has 1 aliphatic heterocycles. The molecular weight excluding hydrogens is 1100 g/mol. The van der Waals surface area contributed by atoms with Gasteiger partial charge >= 0.3 is 0 Å². The lowest BCUT2D eigenvalue weighted by Gasteiger charge is -2.29. The van der Waals surface area contributed by atoms with E-state index in [1.165, 1.54) is 20.8 Å². The average molecular weight is 1190 g/mol. The van der Waals surface area contributed by atoms with Crippen LogP contribution in [0.4, 0.5) is 0 Å². The van der Waals surface area contributed by atoms with Crippen molar-refractivity contribution in [3.8, 4) is 0 Å². The average Bonchev–Trinajstić information content (AvgIpc) is 3.67. The van der Waals surface area contributed by atoms with Gasteiger partial charge in [-0.3, -0.25) is 52.7 Å². The first-order valence-electron chi connectivity index (χ1n) is 28.7. The molecule has 30 nitrogen and oxygen atoms in total. The molecule has 2 rings (SSSR count). The summed E-state index contributed by atoms with van der Waals surface area (Å²) in [4.78, 5) is 153. The summed E-state index contributed by atoms with van der Waals surface area (Å²) in [5, 5.41) is 59.6. The predicted molar refractivity (Wildman–Crippen MR) is 308 cm³/mol. The van der Waals surface area contributed by atoms with Gasteiger partial charge in [-0.2, -0.15) is 0 Å². The highest BCUT2D eigenvalue weighted by Gasteiger charge is 2.38. The fraction of sp³-hybridized carbons (Fsp3) is 0.685. The molecule has 1 aliphatic rings. The molecule has 1 heterocycles. The Bertz CT molecular complexity index is 2300. The molecule has 0 radical (unpaired) electrons. The largest absolute Gasteiger partial charge is 0.391 e. The van der Waals surface area contributed by atoms with Gasteiger partial charge in [-0.15, -0.1) is 0 Å². The summed E-state index contributed by atoms with van der Waals surface area (Å²) >= 11 is 0. The number of benzene rings is 1. The van der Waals surface area contributed by atoms with E-state index in [-0.39, 0.29) is 77.7 Å². The molecule has 24 N–H and O–H groups in total. The topological polar surface area (TPSA) is 511 Å². The van der Waals surface area contributed by atoms with Crippen molar-refractivity contribution in [2.75, 3.05) is 39.3 Å². The Hall–Kier alpha value is -6.93. The highest BCUT2D eigenvalue weighted by Crippen LogP contribution is 2.13. The molecule has 0 spiro atoms. The number of carbonyl (C=O) groups is 11. The summed E-state index contributed by atoms with van der Waals surface area (Å²) in [5.41, 5.74) is 29.7. The van der Waals surface area contributed by atoms with Gasteiger partial charge in [0.25, 0.3) is 0 Å². The lowest BCUT2D eigenvalue weighted by Crippen LogP contribution is -2.62. The third kappa shape index (κ3) is 25.5. The van der Waals surface area contributed by atoms with Gasteiger partial charge in [-0.05, 0) is 110 Å². The Balaban J connectivity index is 2.66. The zero-order chi connectivity index (χ0) is 63.1. The number of aliphatic hydroxyl groups excluding tert-OH is 3. The Morgan fingerprint density at radius 2 is 1.02 bits per heavy atom. The van der Waals surface area contributed by atoms with Crippen LogP contribution in [0.5, 0.6) is 0 Å². The van der Waals surface area contributed by atoms with Gasteiger partial charge in [0.2, 0.25) is 65.0 Å². The van der Waals surface area contributed by atoms with Crippen LogP contribution in [0, 0.1) is 5.92 Å². The number of unbranched alkanes of at least 4 members (excludes halogenated alkanes) is 1. The molecule has 0 aliphatic carbocycles. The van der Waals surface area contributed by atoms with E-state index < -0.39 is 157 Å². The van der Waals surface area contributed by atoms with Crippen LogP contribution in [0.3, 0.4) is 0 Å². The van der Waals surface area contributed by atoms with Crippen LogP contribution in [0.1, 0.15) is 111 Å². The molecule has 0 saturated carbocycles. The highest BCUT2D eigenvalue weighted by molar-refractivity contribution is 5.99. The number of rotatable bonds is 28. The second-order valence-corrected chi connectivity index (χ2v) is 21.1. The highest BCUT2D eigenvalue weighted by atomic mass is 16.3. The van der Waals surface area contributed by atoms with E-state index in [0.29, 0.717) is 17.9 Å². The van der Waals surface area contributed by atoms with Gasteiger partial charge in [-0.1, -0.05) is 63.4 Å². The molecule has 1 fully saturated rings. The minimum atomic E-state index is -1.77. The molecule has 0 bridgehead atoms.